The van der Waals surface area contributed by atoms with Crippen LogP contribution in [0.4, 0.5) is 5.69 Å². The predicted octanol–water partition coefficient (Wildman–Crippen LogP) is 4.03. The molecule has 2 aromatic carbocycles. The summed E-state index contributed by atoms with van der Waals surface area (Å²) in [6.45, 7) is 10.2. The molecule has 0 radical (unpaired) electrons. The van der Waals surface area contributed by atoms with E-state index >= 15 is 0 Å². The number of methoxy groups -OCH3 is 1. The Hall–Kier alpha value is -1.85. The Kier molecular flexibility index (Phi) is 6.84. The summed E-state index contributed by atoms with van der Waals surface area (Å²) in [5, 5.41) is 5.16. The van der Waals surface area contributed by atoms with E-state index in [2.05, 4.69) is 52.5 Å². The van der Waals surface area contributed by atoms with Gasteiger partial charge in [0, 0.05) is 11.3 Å². The number of rotatable bonds is 6. The molecule has 0 bridgehead atoms. The fourth-order valence-corrected chi connectivity index (χ4v) is 3.77. The van der Waals surface area contributed by atoms with Gasteiger partial charge in [0.1, 0.15) is 11.8 Å². The second-order valence-corrected chi connectivity index (χ2v) is 7.78. The minimum absolute atomic E-state index is 0.0134. The molecule has 0 saturated carbocycles. The second kappa shape index (κ2) is 8.69. The van der Waals surface area contributed by atoms with Crippen LogP contribution in [0.2, 0.25) is 0 Å². The monoisotopic (exact) mass is 419 g/mol. The van der Waals surface area contributed by atoms with Crippen LogP contribution in [0.15, 0.2) is 34.8 Å². The highest BCUT2D eigenvalue weighted by Gasteiger charge is 2.22. The molecule has 26 heavy (non-hydrogen) atoms. The first-order chi connectivity index (χ1) is 12.2. The zero-order valence-corrected chi connectivity index (χ0v) is 17.9. The minimum Gasteiger partial charge on any atom is -0.496 e. The molecule has 0 heterocycles. The maximum absolute atomic E-state index is 12.7. The van der Waals surface area contributed by atoms with Crippen molar-refractivity contribution < 1.29 is 14.8 Å². The van der Waals surface area contributed by atoms with Crippen LogP contribution in [0.1, 0.15) is 42.1 Å². The lowest BCUT2D eigenvalue weighted by Gasteiger charge is -2.19. The van der Waals surface area contributed by atoms with Gasteiger partial charge in [0.2, 0.25) is 0 Å². The van der Waals surface area contributed by atoms with Gasteiger partial charge in [0.05, 0.1) is 11.6 Å². The van der Waals surface area contributed by atoms with Crippen LogP contribution in [0.25, 0.3) is 0 Å². The first kappa shape index (κ1) is 20.5. The molecule has 0 aliphatic carbocycles. The van der Waals surface area contributed by atoms with E-state index in [1.165, 1.54) is 5.56 Å². The molecule has 0 unspecified atom stereocenters. The summed E-state index contributed by atoms with van der Waals surface area (Å²) in [7, 11) is 1.65. The summed E-state index contributed by atoms with van der Waals surface area (Å²) in [6, 6.07) is 10.1. The fourth-order valence-electron chi connectivity index (χ4n) is 3.21. The van der Waals surface area contributed by atoms with Crippen molar-refractivity contribution in [1.29, 1.82) is 0 Å². The Morgan fingerprint density at radius 2 is 1.73 bits per heavy atom. The molecule has 140 valence electrons. The number of hydrogen-bond donors (Lipinski definition) is 2. The van der Waals surface area contributed by atoms with Gasteiger partial charge < -0.3 is 15.4 Å². The highest BCUT2D eigenvalue weighted by atomic mass is 79.9. The standard InChI is InChI=1S/C21H27BrN2O2/c1-12-9-13(2)20(14(3)10-12)24-21(25)16(5)23-15(4)17-7-8-19(26-6)18(22)11-17/h7-11,15-16,23H,1-6H3,(H,24,25)/p+1/t15-,16+/m1/s1. The van der Waals surface area contributed by atoms with Gasteiger partial charge in [-0.1, -0.05) is 17.7 Å². The van der Waals surface area contributed by atoms with Gasteiger partial charge >= 0.3 is 0 Å². The van der Waals surface area contributed by atoms with E-state index in [0.717, 1.165) is 32.6 Å². The number of halogens is 1. The van der Waals surface area contributed by atoms with Gasteiger partial charge in [-0.2, -0.15) is 0 Å². The summed E-state index contributed by atoms with van der Waals surface area (Å²) in [5.41, 5.74) is 5.45. The summed E-state index contributed by atoms with van der Waals surface area (Å²) in [4.78, 5) is 12.7. The summed E-state index contributed by atoms with van der Waals surface area (Å²) in [6.07, 6.45) is 0. The molecule has 2 atom stereocenters. The van der Waals surface area contributed by atoms with Crippen molar-refractivity contribution in [3.63, 3.8) is 0 Å². The van der Waals surface area contributed by atoms with Crippen molar-refractivity contribution in [3.8, 4) is 5.75 Å². The van der Waals surface area contributed by atoms with Crippen molar-refractivity contribution >= 4 is 27.5 Å². The van der Waals surface area contributed by atoms with Gasteiger partial charge in [-0.25, -0.2) is 0 Å². The maximum Gasteiger partial charge on any atom is 0.282 e. The third kappa shape index (κ3) is 4.86. The molecule has 0 fully saturated rings. The summed E-state index contributed by atoms with van der Waals surface area (Å²) in [5.74, 6) is 0.816. The Morgan fingerprint density at radius 1 is 1.12 bits per heavy atom. The Bertz CT molecular complexity index is 782. The highest BCUT2D eigenvalue weighted by molar-refractivity contribution is 9.10. The fraction of sp³-hybridized carbons (Fsp3) is 0.381. The van der Waals surface area contributed by atoms with Crippen LogP contribution in [0, 0.1) is 20.8 Å². The van der Waals surface area contributed by atoms with E-state index in [4.69, 9.17) is 4.74 Å². The van der Waals surface area contributed by atoms with Crippen LogP contribution in [-0.4, -0.2) is 19.1 Å². The topological polar surface area (TPSA) is 54.9 Å². The third-order valence-electron chi connectivity index (χ3n) is 4.62. The van der Waals surface area contributed by atoms with Gasteiger partial charge in [0.25, 0.3) is 5.91 Å². The number of carbonyl (C=O) groups excluding carboxylic acids is 1. The Balaban J connectivity index is 2.06. The number of carbonyl (C=O) groups is 1. The van der Waals surface area contributed by atoms with Crippen LogP contribution in [0.5, 0.6) is 5.75 Å². The van der Waals surface area contributed by atoms with Crippen LogP contribution >= 0.6 is 15.9 Å². The van der Waals surface area contributed by atoms with Crippen LogP contribution in [-0.2, 0) is 4.79 Å². The number of benzene rings is 2. The molecule has 0 saturated heterocycles. The molecule has 0 spiro atoms. The van der Waals surface area contributed by atoms with Crippen LogP contribution < -0.4 is 15.4 Å². The van der Waals surface area contributed by atoms with E-state index in [1.54, 1.807) is 7.11 Å². The maximum atomic E-state index is 12.7. The molecule has 4 nitrogen and oxygen atoms in total. The number of hydrogen-bond acceptors (Lipinski definition) is 2. The number of aryl methyl sites for hydroxylation is 3. The molecular formula is C21H28BrN2O2+. The first-order valence-corrected chi connectivity index (χ1v) is 9.59. The zero-order valence-electron chi connectivity index (χ0n) is 16.3. The molecule has 5 heteroatoms. The number of ether oxygens (including phenoxy) is 1. The van der Waals surface area contributed by atoms with Crippen LogP contribution in [0.3, 0.4) is 0 Å². The number of nitrogens with one attached hydrogen (secondary N) is 1. The van der Waals surface area contributed by atoms with Crippen molar-refractivity contribution in [2.24, 2.45) is 0 Å². The van der Waals surface area contributed by atoms with Gasteiger partial charge in [-0.3, -0.25) is 4.79 Å². The molecule has 2 rings (SSSR count). The zero-order chi connectivity index (χ0) is 19.4. The molecule has 3 N–H and O–H groups in total. The SMILES string of the molecule is COc1ccc([C@@H](C)[NH2+][C@@H](C)C(=O)Nc2c(C)cc(C)cc2C)cc1Br. The van der Waals surface area contributed by atoms with Crippen molar-refractivity contribution in [2.75, 3.05) is 12.4 Å². The minimum atomic E-state index is -0.203. The summed E-state index contributed by atoms with van der Waals surface area (Å²) >= 11 is 3.52. The van der Waals surface area contributed by atoms with Crippen molar-refractivity contribution in [1.82, 2.24) is 0 Å². The highest BCUT2D eigenvalue weighted by Crippen LogP contribution is 2.27. The number of anilines is 1. The number of amides is 1. The molecule has 1 amide bonds. The van der Waals surface area contributed by atoms with Gasteiger partial charge in [0.15, 0.2) is 6.04 Å². The number of nitrogens with two attached hydrogens (primary N) is 1. The first-order valence-electron chi connectivity index (χ1n) is 8.80. The second-order valence-electron chi connectivity index (χ2n) is 6.93. The van der Waals surface area contributed by atoms with E-state index in [1.807, 2.05) is 39.0 Å². The predicted molar refractivity (Wildman–Crippen MR) is 110 cm³/mol. The number of quaternary nitrogens is 1. The Labute approximate surface area is 164 Å². The molecule has 2 aromatic rings. The van der Waals surface area contributed by atoms with E-state index in [9.17, 15) is 4.79 Å². The van der Waals surface area contributed by atoms with E-state index in [0.29, 0.717) is 0 Å². The lowest BCUT2D eigenvalue weighted by atomic mass is 10.0. The smallest absolute Gasteiger partial charge is 0.282 e. The quantitative estimate of drug-likeness (QED) is 0.742. The average molecular weight is 420 g/mol. The van der Waals surface area contributed by atoms with Crippen molar-refractivity contribution in [2.45, 2.75) is 46.7 Å². The average Bonchev–Trinajstić information content (AvgIpc) is 2.57. The van der Waals surface area contributed by atoms with E-state index in [-0.39, 0.29) is 18.0 Å². The molecule has 0 aliphatic heterocycles. The normalized spacial score (nSPS) is 13.2. The van der Waals surface area contributed by atoms with Gasteiger partial charge in [-0.15, -0.1) is 0 Å². The lowest BCUT2D eigenvalue weighted by Crippen LogP contribution is -2.91. The molecule has 0 aliphatic rings. The third-order valence-corrected chi connectivity index (χ3v) is 5.24. The Morgan fingerprint density at radius 3 is 2.27 bits per heavy atom. The molecule has 0 aromatic heterocycles. The van der Waals surface area contributed by atoms with Gasteiger partial charge in [-0.05, 0) is 79.9 Å². The summed E-state index contributed by atoms with van der Waals surface area (Å²) < 4.78 is 6.19. The lowest BCUT2D eigenvalue weighted by molar-refractivity contribution is -0.709. The van der Waals surface area contributed by atoms with E-state index < -0.39 is 0 Å². The largest absolute Gasteiger partial charge is 0.496 e. The molecular weight excluding hydrogens is 392 g/mol. The van der Waals surface area contributed by atoms with Crippen molar-refractivity contribution in [3.05, 3.63) is 57.1 Å².